The molecule has 10 nitrogen and oxygen atoms in total. The molecule has 2 aromatic heterocycles. The van der Waals surface area contributed by atoms with Crippen LogP contribution in [0.4, 0.5) is 17.2 Å². The van der Waals surface area contributed by atoms with Crippen molar-refractivity contribution >= 4 is 17.2 Å². The van der Waals surface area contributed by atoms with Gasteiger partial charge in [-0.1, -0.05) is 39.0 Å². The van der Waals surface area contributed by atoms with Crippen LogP contribution in [0.25, 0.3) is 10.5 Å². The van der Waals surface area contributed by atoms with Gasteiger partial charge < -0.3 is 4.74 Å². The summed E-state index contributed by atoms with van der Waals surface area (Å²) in [7, 11) is 0. The van der Waals surface area contributed by atoms with E-state index < -0.39 is 11.2 Å². The lowest BCUT2D eigenvalue weighted by Gasteiger charge is -2.16. The van der Waals surface area contributed by atoms with Gasteiger partial charge in [-0.3, -0.25) is 14.9 Å². The van der Waals surface area contributed by atoms with E-state index in [0.717, 1.165) is 4.57 Å². The molecular weight excluding hydrogens is 386 g/mol. The van der Waals surface area contributed by atoms with Crippen molar-refractivity contribution in [3.05, 3.63) is 68.3 Å². The van der Waals surface area contributed by atoms with Crippen molar-refractivity contribution < 1.29 is 4.74 Å². The van der Waals surface area contributed by atoms with Crippen molar-refractivity contribution in [1.29, 1.82) is 0 Å². The highest BCUT2D eigenvalue weighted by Gasteiger charge is 2.24. The zero-order chi connectivity index (χ0) is 21.9. The first-order chi connectivity index (χ1) is 14.3. The summed E-state index contributed by atoms with van der Waals surface area (Å²) >= 11 is 0. The lowest BCUT2D eigenvalue weighted by molar-refractivity contribution is 0.325. The van der Waals surface area contributed by atoms with Gasteiger partial charge in [0.25, 0.3) is 11.2 Å². The van der Waals surface area contributed by atoms with Crippen molar-refractivity contribution in [3.8, 4) is 11.6 Å². The molecule has 0 radical (unpaired) electrons. The highest BCUT2D eigenvalue weighted by molar-refractivity contribution is 5.66. The average Bonchev–Trinajstić information content (AvgIpc) is 3.12. The molecule has 3 aromatic rings. The Morgan fingerprint density at radius 1 is 1.20 bits per heavy atom. The molecular formula is C20H21N7O3. The van der Waals surface area contributed by atoms with Gasteiger partial charge in [0.15, 0.2) is 0 Å². The summed E-state index contributed by atoms with van der Waals surface area (Å²) in [5.74, 6) is -0.0476. The number of benzene rings is 1. The molecule has 2 N–H and O–H groups in total. The molecule has 0 aliphatic heterocycles. The third-order valence-corrected chi connectivity index (χ3v) is 4.18. The number of aromatic nitrogens is 4. The van der Waals surface area contributed by atoms with Crippen LogP contribution in [0.3, 0.4) is 0 Å². The maximum Gasteiger partial charge on any atom is 0.335 e. The first kappa shape index (κ1) is 20.7. The largest absolute Gasteiger partial charge is 0.477 e. The molecule has 3 rings (SSSR count). The summed E-state index contributed by atoms with van der Waals surface area (Å²) in [6.45, 7) is 15.2. The fourth-order valence-corrected chi connectivity index (χ4v) is 2.78. The smallest absolute Gasteiger partial charge is 0.335 e. The Bertz CT molecular complexity index is 1240. The van der Waals surface area contributed by atoms with E-state index >= 15 is 0 Å². The van der Waals surface area contributed by atoms with Crippen LogP contribution >= 0.6 is 0 Å². The molecule has 0 fully saturated rings. The van der Waals surface area contributed by atoms with Crippen molar-refractivity contribution in [2.24, 2.45) is 10.2 Å². The van der Waals surface area contributed by atoms with Gasteiger partial charge in [-0.2, -0.15) is 5.10 Å². The van der Waals surface area contributed by atoms with Crippen LogP contribution in [0.5, 0.6) is 5.88 Å². The van der Waals surface area contributed by atoms with Crippen molar-refractivity contribution in [2.75, 3.05) is 6.61 Å². The van der Waals surface area contributed by atoms with E-state index in [1.165, 1.54) is 0 Å². The number of hydrogen-bond acceptors (Lipinski definition) is 6. The second-order valence-corrected chi connectivity index (χ2v) is 7.35. The number of nitrogens with one attached hydrogen (secondary N) is 2. The zero-order valence-electron chi connectivity index (χ0n) is 17.1. The highest BCUT2D eigenvalue weighted by atomic mass is 16.5. The fourth-order valence-electron chi connectivity index (χ4n) is 2.78. The van der Waals surface area contributed by atoms with Crippen LogP contribution in [0.2, 0.25) is 0 Å². The number of rotatable bonds is 5. The van der Waals surface area contributed by atoms with E-state index in [2.05, 4.69) is 30.3 Å². The lowest BCUT2D eigenvalue weighted by atomic mass is 9.91. The van der Waals surface area contributed by atoms with Gasteiger partial charge in [0.05, 0.1) is 18.9 Å². The van der Waals surface area contributed by atoms with E-state index in [9.17, 15) is 9.59 Å². The quantitative estimate of drug-likeness (QED) is 0.492. The van der Waals surface area contributed by atoms with Crippen LogP contribution in [0, 0.1) is 6.57 Å². The molecule has 0 aliphatic carbocycles. The average molecular weight is 407 g/mol. The molecule has 0 aliphatic rings. The van der Waals surface area contributed by atoms with Gasteiger partial charge in [-0.05, 0) is 24.5 Å². The van der Waals surface area contributed by atoms with E-state index in [4.69, 9.17) is 11.3 Å². The molecule has 0 amide bonds. The second-order valence-electron chi connectivity index (χ2n) is 7.35. The number of para-hydroxylation sites is 1. The third-order valence-electron chi connectivity index (χ3n) is 4.18. The summed E-state index contributed by atoms with van der Waals surface area (Å²) in [5.41, 5.74) is -0.707. The lowest BCUT2D eigenvalue weighted by Crippen LogP contribution is -2.33. The van der Waals surface area contributed by atoms with Gasteiger partial charge in [-0.25, -0.2) is 14.2 Å². The molecule has 0 atom stereocenters. The van der Waals surface area contributed by atoms with Crippen molar-refractivity contribution in [2.45, 2.75) is 33.1 Å². The normalized spacial score (nSPS) is 11.6. The third kappa shape index (κ3) is 3.91. The van der Waals surface area contributed by atoms with Gasteiger partial charge >= 0.3 is 5.69 Å². The topological polar surface area (TPSA) is 122 Å². The van der Waals surface area contributed by atoms with E-state index in [0.29, 0.717) is 11.4 Å². The van der Waals surface area contributed by atoms with Crippen LogP contribution in [-0.2, 0) is 5.41 Å². The fraction of sp³-hybridized carbons (Fsp3) is 0.300. The monoisotopic (exact) mass is 407 g/mol. The Morgan fingerprint density at radius 3 is 2.50 bits per heavy atom. The summed E-state index contributed by atoms with van der Waals surface area (Å²) in [6, 6.07) is 8.43. The summed E-state index contributed by atoms with van der Waals surface area (Å²) in [4.78, 5) is 31.5. The standard InChI is InChI=1S/C20H21N7O3/c1-6-30-17-14(18(28)27(19(29)22-17)12-10-8-7-9-11-12)23-25-16-13(21-5)15(24-26-16)20(2,3)4/h7-11H,6H2,1-4H3,(H,22,29)(H,24,26). The van der Waals surface area contributed by atoms with Crippen molar-refractivity contribution in [1.82, 2.24) is 19.7 Å². The second kappa shape index (κ2) is 8.16. The summed E-state index contributed by atoms with van der Waals surface area (Å²) in [6.07, 6.45) is 0. The van der Waals surface area contributed by atoms with Crippen LogP contribution in [-0.4, -0.2) is 26.4 Å². The number of hydrogen-bond donors (Lipinski definition) is 2. The minimum absolute atomic E-state index is 0.0502. The first-order valence-corrected chi connectivity index (χ1v) is 9.23. The van der Waals surface area contributed by atoms with Crippen LogP contribution < -0.4 is 16.0 Å². The maximum absolute atomic E-state index is 13.0. The predicted octanol–water partition coefficient (Wildman–Crippen LogP) is 3.91. The molecule has 0 unspecified atom stereocenters. The Balaban J connectivity index is 2.17. The Labute approximate surface area is 172 Å². The maximum atomic E-state index is 13.0. The Morgan fingerprint density at radius 2 is 1.90 bits per heavy atom. The number of azo groups is 1. The molecule has 30 heavy (non-hydrogen) atoms. The van der Waals surface area contributed by atoms with Crippen LogP contribution in [0.15, 0.2) is 50.1 Å². The zero-order valence-corrected chi connectivity index (χ0v) is 17.1. The molecule has 10 heteroatoms. The molecule has 0 bridgehead atoms. The van der Waals surface area contributed by atoms with Gasteiger partial charge in [-0.15, -0.1) is 10.2 Å². The number of aromatic amines is 2. The van der Waals surface area contributed by atoms with Crippen LogP contribution in [0.1, 0.15) is 33.4 Å². The van der Waals surface area contributed by atoms with E-state index in [1.807, 2.05) is 20.8 Å². The van der Waals surface area contributed by atoms with E-state index in [1.54, 1.807) is 37.3 Å². The van der Waals surface area contributed by atoms with Gasteiger partial charge in [0, 0.05) is 5.69 Å². The number of H-pyrrole nitrogens is 2. The highest BCUT2D eigenvalue weighted by Crippen LogP contribution is 2.37. The van der Waals surface area contributed by atoms with Gasteiger partial charge in [0.1, 0.15) is 0 Å². The minimum Gasteiger partial charge on any atom is -0.477 e. The number of nitrogens with zero attached hydrogens (tertiary/aromatic N) is 5. The molecule has 154 valence electrons. The van der Waals surface area contributed by atoms with Gasteiger partial charge in [0.2, 0.25) is 17.4 Å². The molecule has 0 spiro atoms. The Kier molecular flexibility index (Phi) is 5.64. The molecule has 1 aromatic carbocycles. The SMILES string of the molecule is [C-]#[N+]c1c(N=Nc2c(OCC)[nH]c(=O)n(-c3ccccc3)c2=O)n[nH]c1C(C)(C)C. The summed E-state index contributed by atoms with van der Waals surface area (Å²) < 4.78 is 6.32. The summed E-state index contributed by atoms with van der Waals surface area (Å²) in [5, 5.41) is 14.9. The molecule has 2 heterocycles. The van der Waals surface area contributed by atoms with Crippen molar-refractivity contribution in [3.63, 3.8) is 0 Å². The molecule has 0 saturated carbocycles. The Hall–Kier alpha value is -4.00. The first-order valence-electron chi connectivity index (χ1n) is 9.23. The minimum atomic E-state index is -0.701. The predicted molar refractivity (Wildman–Crippen MR) is 112 cm³/mol. The van der Waals surface area contributed by atoms with E-state index in [-0.39, 0.29) is 35.1 Å². The molecule has 0 saturated heterocycles. The number of ether oxygens (including phenoxy) is 1.